The zero-order valence-corrected chi connectivity index (χ0v) is 45.7. The summed E-state index contributed by atoms with van der Waals surface area (Å²) in [5, 5.41) is 18.0. The van der Waals surface area contributed by atoms with Gasteiger partial charge in [-0.25, -0.2) is 8.42 Å². The quantitative estimate of drug-likeness (QED) is 0.0324. The van der Waals surface area contributed by atoms with Crippen molar-refractivity contribution in [1.82, 2.24) is 9.80 Å². The summed E-state index contributed by atoms with van der Waals surface area (Å²) >= 11 is 1.85. The molecule has 2 amide bonds. The second-order valence-electron chi connectivity index (χ2n) is 18.2. The number of rotatable bonds is 27. The maximum absolute atomic E-state index is 12.8. The summed E-state index contributed by atoms with van der Waals surface area (Å²) in [6, 6.07) is 25.7. The average Bonchev–Trinajstić information content (AvgIpc) is 3.90. The van der Waals surface area contributed by atoms with E-state index in [1.807, 2.05) is 79.3 Å². The number of carbonyl (C=O) groups excluding carboxylic acids is 3. The first kappa shape index (κ1) is 58.2. The number of anilines is 2. The molecule has 0 aliphatic heterocycles. The molecular formula is C56H72N4O12S2. The van der Waals surface area contributed by atoms with Crippen LogP contribution in [0.4, 0.5) is 11.4 Å². The highest BCUT2D eigenvalue weighted by Gasteiger charge is 2.24. The van der Waals surface area contributed by atoms with Gasteiger partial charge in [-0.1, -0.05) is 6.42 Å². The summed E-state index contributed by atoms with van der Waals surface area (Å²) in [7, 11) is 3.51. The van der Waals surface area contributed by atoms with Crippen LogP contribution in [0.25, 0.3) is 21.9 Å². The Labute approximate surface area is 439 Å². The normalized spacial score (nSPS) is 12.1. The van der Waals surface area contributed by atoms with Crippen molar-refractivity contribution in [3.05, 3.63) is 119 Å². The number of sulfone groups is 1. The lowest BCUT2D eigenvalue weighted by Gasteiger charge is -2.20. The van der Waals surface area contributed by atoms with Gasteiger partial charge in [0.15, 0.2) is 0 Å². The summed E-state index contributed by atoms with van der Waals surface area (Å²) in [6.45, 7) is 6.57. The Morgan fingerprint density at radius 1 is 0.676 bits per heavy atom. The van der Waals surface area contributed by atoms with Gasteiger partial charge < -0.3 is 48.6 Å². The van der Waals surface area contributed by atoms with Gasteiger partial charge in [0.25, 0.3) is 11.8 Å². The molecule has 2 aromatic heterocycles. The molecule has 6 rings (SSSR count). The van der Waals surface area contributed by atoms with E-state index >= 15 is 0 Å². The molecule has 0 aliphatic rings. The highest BCUT2D eigenvalue weighted by atomic mass is 32.2. The van der Waals surface area contributed by atoms with Crippen LogP contribution in [0.5, 0.6) is 11.5 Å². The van der Waals surface area contributed by atoms with E-state index in [0.717, 1.165) is 92.5 Å². The van der Waals surface area contributed by atoms with Crippen LogP contribution < -0.4 is 20.1 Å². The predicted molar refractivity (Wildman–Crippen MR) is 294 cm³/mol. The van der Waals surface area contributed by atoms with E-state index in [1.54, 1.807) is 59.5 Å². The van der Waals surface area contributed by atoms with Crippen LogP contribution >= 0.6 is 11.8 Å². The molecule has 4 aromatic carbocycles. The lowest BCUT2D eigenvalue weighted by molar-refractivity contribution is -0.143. The fourth-order valence-electron chi connectivity index (χ4n) is 8.42. The lowest BCUT2D eigenvalue weighted by atomic mass is 10.0. The van der Waals surface area contributed by atoms with E-state index in [1.165, 1.54) is 16.1 Å². The van der Waals surface area contributed by atoms with E-state index in [4.69, 9.17) is 28.2 Å². The number of aliphatic carboxylic acids is 1. The summed E-state index contributed by atoms with van der Waals surface area (Å²) in [5.74, 6) is 2.83. The van der Waals surface area contributed by atoms with Crippen LogP contribution in [0, 0.1) is 13.8 Å². The number of nitrogens with one attached hydrogen (secondary N) is 2. The molecule has 2 atom stereocenters. The van der Waals surface area contributed by atoms with Gasteiger partial charge in [-0.3, -0.25) is 19.2 Å². The second-order valence-corrected chi connectivity index (χ2v) is 21.5. The monoisotopic (exact) mass is 1060 g/mol. The summed E-state index contributed by atoms with van der Waals surface area (Å²) in [6.07, 6.45) is 8.42. The van der Waals surface area contributed by atoms with Gasteiger partial charge in [0.1, 0.15) is 44.0 Å². The number of carboxylic acid groups (broad SMARTS) is 1. The fourth-order valence-corrected chi connectivity index (χ4v) is 9.64. The molecule has 18 heteroatoms. The van der Waals surface area contributed by atoms with Gasteiger partial charge in [-0.15, -0.1) is 0 Å². The van der Waals surface area contributed by atoms with Crippen molar-refractivity contribution < 1.29 is 55.7 Å². The van der Waals surface area contributed by atoms with Crippen molar-refractivity contribution in [3.8, 4) is 11.5 Å². The Bertz CT molecular complexity index is 2920. The number of amides is 2. The number of carboxylic acids is 1. The zero-order valence-electron chi connectivity index (χ0n) is 44.1. The lowest BCUT2D eigenvalue weighted by Crippen LogP contribution is -2.29. The Hall–Kier alpha value is -6.66. The highest BCUT2D eigenvalue weighted by Crippen LogP contribution is 2.37. The first-order valence-electron chi connectivity index (χ1n) is 24.8. The largest absolute Gasteiger partial charge is 0.497 e. The third-order valence-corrected chi connectivity index (χ3v) is 14.3. The molecule has 400 valence electrons. The van der Waals surface area contributed by atoms with Crippen molar-refractivity contribution in [2.45, 2.75) is 84.2 Å². The number of esters is 1. The molecule has 6 aromatic rings. The van der Waals surface area contributed by atoms with E-state index in [-0.39, 0.29) is 61.6 Å². The molecule has 0 spiro atoms. The van der Waals surface area contributed by atoms with Crippen LogP contribution in [0.3, 0.4) is 0 Å². The second kappa shape index (κ2) is 28.1. The molecule has 3 N–H and O–H groups in total. The number of thioether (sulfide) groups is 1. The Balaban J connectivity index is 0.000000276. The Morgan fingerprint density at radius 3 is 1.53 bits per heavy atom. The molecule has 0 fully saturated rings. The van der Waals surface area contributed by atoms with Crippen molar-refractivity contribution >= 4 is 78.7 Å². The van der Waals surface area contributed by atoms with Crippen molar-refractivity contribution in [1.29, 1.82) is 0 Å². The van der Waals surface area contributed by atoms with Crippen LogP contribution in [0.1, 0.15) is 114 Å². The van der Waals surface area contributed by atoms with Gasteiger partial charge in [0.05, 0.1) is 45.8 Å². The van der Waals surface area contributed by atoms with Gasteiger partial charge in [0, 0.05) is 83.6 Å². The number of unbranched alkanes of at least 4 members (excludes halogenated alkanes) is 2. The molecule has 0 aliphatic carbocycles. The number of aryl methyl sites for hydroxylation is 2. The molecule has 0 saturated heterocycles. The topological polar surface area (TPSA) is 207 Å². The number of methoxy groups -OCH3 is 2. The molecule has 16 nitrogen and oxygen atoms in total. The minimum atomic E-state index is -3.03. The number of benzene rings is 4. The number of carbonyl (C=O) groups is 4. The standard InChI is InChI=1S/C29H38N2O7S.C27H34N2O5S/c1-6-37-27(32)16-17-31(3)29(33)21-10-12-22(13-11-21)30-25(9-7-8-18-39(5,34)35)28-20(2)24-19-23(36-4)14-15-26(24)38-28;1-18-22-17-21(33-3)12-13-24(22)34-26(18)23(7-5-6-16-35-4)28-20-10-8-19(9-11-20)27(32)29(2)15-14-25(30)31/h10-15,19,25,30H,6-9,16-18H2,1-5H3;8-13,17,23,28H,5-7,14-16H2,1-4H3,(H,30,31). The molecule has 74 heavy (non-hydrogen) atoms. The number of fused-ring (bicyclic) bond motifs is 2. The maximum atomic E-state index is 12.8. The summed E-state index contributed by atoms with van der Waals surface area (Å²) < 4.78 is 51.5. The number of hydrogen-bond acceptors (Lipinski definition) is 14. The molecule has 0 bridgehead atoms. The van der Waals surface area contributed by atoms with Crippen LogP contribution in [-0.4, -0.2) is 119 Å². The van der Waals surface area contributed by atoms with Crippen LogP contribution in [0.15, 0.2) is 93.8 Å². The number of nitrogens with zero attached hydrogens (tertiary/aromatic N) is 2. The first-order chi connectivity index (χ1) is 35.4. The van der Waals surface area contributed by atoms with Crippen LogP contribution in [0.2, 0.25) is 0 Å². The molecular weight excluding hydrogens is 985 g/mol. The average molecular weight is 1060 g/mol. The molecule has 0 radical (unpaired) electrons. The fraction of sp³-hybridized carbons (Fsp3) is 0.429. The third-order valence-electron chi connectivity index (χ3n) is 12.6. The Morgan fingerprint density at radius 2 is 1.12 bits per heavy atom. The smallest absolute Gasteiger partial charge is 0.307 e. The first-order valence-corrected chi connectivity index (χ1v) is 28.2. The van der Waals surface area contributed by atoms with Crippen molar-refractivity contribution in [3.63, 3.8) is 0 Å². The van der Waals surface area contributed by atoms with Gasteiger partial charge >= 0.3 is 11.9 Å². The van der Waals surface area contributed by atoms with Gasteiger partial charge in [0.2, 0.25) is 0 Å². The van der Waals surface area contributed by atoms with Gasteiger partial charge in [-0.05, 0) is 150 Å². The van der Waals surface area contributed by atoms with Crippen molar-refractivity contribution in [2.24, 2.45) is 0 Å². The Kier molecular flexibility index (Phi) is 22.1. The molecule has 0 saturated carbocycles. The predicted octanol–water partition coefficient (Wildman–Crippen LogP) is 11.1. The van der Waals surface area contributed by atoms with Crippen LogP contribution in [-0.2, 0) is 24.2 Å². The maximum Gasteiger partial charge on any atom is 0.307 e. The van der Waals surface area contributed by atoms with Crippen molar-refractivity contribution in [2.75, 3.05) is 82.7 Å². The van der Waals surface area contributed by atoms with E-state index in [0.29, 0.717) is 37.0 Å². The number of ether oxygens (including phenoxy) is 3. The van der Waals surface area contributed by atoms with E-state index < -0.39 is 15.8 Å². The molecule has 2 unspecified atom stereocenters. The summed E-state index contributed by atoms with van der Waals surface area (Å²) in [4.78, 5) is 50.7. The number of furan rings is 2. The van der Waals surface area contributed by atoms with Gasteiger partial charge in [-0.2, -0.15) is 11.8 Å². The SMILES string of the molecule is CCOC(=O)CCN(C)C(=O)c1ccc(NC(CCCCS(C)(=O)=O)c2oc3ccc(OC)cc3c2C)cc1.COc1ccc2oc(C(CCCCSC)Nc3ccc(C(=O)N(C)CCC(=O)O)cc3)c(C)c2c1. The summed E-state index contributed by atoms with van der Waals surface area (Å²) in [5.41, 5.74) is 6.37. The molecule has 2 heterocycles. The highest BCUT2D eigenvalue weighted by molar-refractivity contribution is 7.98. The third kappa shape index (κ3) is 16.9. The van der Waals surface area contributed by atoms with E-state index in [9.17, 15) is 27.6 Å². The minimum absolute atomic E-state index is 0.0185. The number of hydrogen-bond donors (Lipinski definition) is 3. The minimum Gasteiger partial charge on any atom is -0.497 e. The zero-order chi connectivity index (χ0) is 54.0. The van der Waals surface area contributed by atoms with E-state index in [2.05, 4.69) is 23.8 Å².